The van der Waals surface area contributed by atoms with Crippen LogP contribution in [0.25, 0.3) is 44.2 Å². The van der Waals surface area contributed by atoms with Gasteiger partial charge in [0.05, 0.1) is 16.8 Å². The normalized spacial score (nSPS) is 14.9. The third kappa shape index (κ3) is 3.86. The van der Waals surface area contributed by atoms with E-state index in [-0.39, 0.29) is 12.3 Å². The van der Waals surface area contributed by atoms with E-state index in [9.17, 15) is 0 Å². The molecular weight excluding hydrogens is 703 g/mol. The average Bonchev–Trinajstić information content (AvgIpc) is 3.77. The highest BCUT2D eigenvalue weighted by Gasteiger charge is 2.55. The van der Waals surface area contributed by atoms with Crippen LogP contribution in [0, 0.1) is 6.92 Å². The molecule has 4 heterocycles. The monoisotopic (exact) mass is 742 g/mol. The van der Waals surface area contributed by atoms with Crippen molar-refractivity contribution in [2.75, 3.05) is 9.71 Å². The first-order chi connectivity index (χ1) is 28.3. The SMILES string of the molecule is Cc1cc2c3c(c1)N1c4ccccc4C4(c5ccccc5-c5ccccc54)c4cccc(c41)B3N(c1ccc(C(C)(C)C)cc1)c1c-2ccc2c1oc1ccccc12. The molecule has 0 N–H and O–H groups in total. The van der Waals surface area contributed by atoms with Gasteiger partial charge in [-0.2, -0.15) is 0 Å². The zero-order valence-electron chi connectivity index (χ0n) is 33.0. The van der Waals surface area contributed by atoms with Crippen molar-refractivity contribution in [1.29, 1.82) is 0 Å². The molecule has 0 saturated carbocycles. The van der Waals surface area contributed by atoms with Crippen LogP contribution < -0.4 is 20.6 Å². The lowest BCUT2D eigenvalue weighted by molar-refractivity contribution is 0.590. The minimum Gasteiger partial charge on any atom is -0.454 e. The van der Waals surface area contributed by atoms with E-state index in [1.807, 2.05) is 0 Å². The molecule has 8 aromatic carbocycles. The summed E-state index contributed by atoms with van der Waals surface area (Å²) in [6.07, 6.45) is 0. The molecule has 0 amide bonds. The Kier molecular flexibility index (Phi) is 6.13. The van der Waals surface area contributed by atoms with Gasteiger partial charge in [0, 0.05) is 33.4 Å². The molecule has 3 nitrogen and oxygen atoms in total. The van der Waals surface area contributed by atoms with Crippen LogP contribution in [-0.2, 0) is 10.8 Å². The van der Waals surface area contributed by atoms with Crippen molar-refractivity contribution in [3.8, 4) is 22.3 Å². The minimum absolute atomic E-state index is 0.0288. The standard InChI is InChI=1S/C54H39BN2O/c1-32-30-40-38-28-29-39-37-16-7-12-23-48(37)58-52(39)50(38)57(34-26-24-33(25-27-34)53(2,3)4)55-45-21-13-20-44-51(45)56(47(31-32)49(40)55)46-22-11-10-19-43(46)54(44)41-17-8-5-14-35(41)36-15-6-9-18-42(36)54/h5-31H,1-4H3. The van der Waals surface area contributed by atoms with Crippen LogP contribution in [0.15, 0.2) is 168 Å². The Labute approximate surface area is 338 Å². The third-order valence-electron chi connectivity index (χ3n) is 13.6. The van der Waals surface area contributed by atoms with Gasteiger partial charge in [0.1, 0.15) is 5.58 Å². The second-order valence-electron chi connectivity index (χ2n) is 17.7. The Hall–Kier alpha value is -6.78. The van der Waals surface area contributed by atoms with Crippen LogP contribution in [0.1, 0.15) is 54.2 Å². The smallest absolute Gasteiger partial charge is 0.333 e. The first kappa shape index (κ1) is 32.3. The van der Waals surface area contributed by atoms with Crippen LogP contribution in [0.2, 0.25) is 0 Å². The van der Waals surface area contributed by atoms with Crippen molar-refractivity contribution in [3.05, 3.63) is 197 Å². The number of hydrogen-bond acceptors (Lipinski definition) is 3. The van der Waals surface area contributed by atoms with E-state index in [1.54, 1.807) is 0 Å². The molecule has 13 rings (SSSR count). The summed E-state index contributed by atoms with van der Waals surface area (Å²) in [5.41, 5.74) is 23.0. The summed E-state index contributed by atoms with van der Waals surface area (Å²) in [7, 11) is 0. The molecular formula is C54H39BN2O. The number of fused-ring (bicyclic) bond motifs is 17. The summed E-state index contributed by atoms with van der Waals surface area (Å²) in [6.45, 7) is 9.00. The Balaban J connectivity index is 1.19. The first-order valence-electron chi connectivity index (χ1n) is 20.6. The summed E-state index contributed by atoms with van der Waals surface area (Å²) in [4.78, 5) is 5.23. The van der Waals surface area contributed by atoms with Crippen LogP contribution in [0.4, 0.5) is 28.4 Å². The van der Waals surface area contributed by atoms with E-state index in [2.05, 4.69) is 201 Å². The number of anilines is 5. The van der Waals surface area contributed by atoms with E-state index in [0.717, 1.165) is 33.3 Å². The fourth-order valence-electron chi connectivity index (χ4n) is 11.3. The molecule has 9 aromatic rings. The Morgan fingerprint density at radius 3 is 1.97 bits per heavy atom. The molecule has 0 atom stereocenters. The number of hydrogen-bond donors (Lipinski definition) is 0. The van der Waals surface area contributed by atoms with Gasteiger partial charge in [0.25, 0.3) is 0 Å². The Bertz CT molecular complexity index is 3210. The van der Waals surface area contributed by atoms with E-state index in [1.165, 1.54) is 83.6 Å². The van der Waals surface area contributed by atoms with Gasteiger partial charge in [0.15, 0.2) is 5.58 Å². The summed E-state index contributed by atoms with van der Waals surface area (Å²) in [5, 5.41) is 2.28. The van der Waals surface area contributed by atoms with E-state index in [4.69, 9.17) is 4.42 Å². The van der Waals surface area contributed by atoms with Crippen molar-refractivity contribution in [2.24, 2.45) is 0 Å². The number of aryl methyl sites for hydroxylation is 1. The highest BCUT2D eigenvalue weighted by atomic mass is 16.3. The molecule has 3 aliphatic heterocycles. The van der Waals surface area contributed by atoms with Gasteiger partial charge in [-0.1, -0.05) is 148 Å². The third-order valence-corrected chi connectivity index (χ3v) is 13.6. The van der Waals surface area contributed by atoms with Gasteiger partial charge < -0.3 is 14.1 Å². The quantitative estimate of drug-likeness (QED) is 0.156. The van der Waals surface area contributed by atoms with Crippen LogP contribution in [-0.4, -0.2) is 6.85 Å². The van der Waals surface area contributed by atoms with Gasteiger partial charge in [-0.3, -0.25) is 0 Å². The van der Waals surface area contributed by atoms with E-state index >= 15 is 0 Å². The second-order valence-corrected chi connectivity index (χ2v) is 17.7. The molecule has 1 aliphatic carbocycles. The molecule has 58 heavy (non-hydrogen) atoms. The van der Waals surface area contributed by atoms with Crippen molar-refractivity contribution in [1.82, 2.24) is 0 Å². The van der Waals surface area contributed by atoms with Gasteiger partial charge in [-0.25, -0.2) is 0 Å². The van der Waals surface area contributed by atoms with Crippen molar-refractivity contribution < 1.29 is 4.42 Å². The molecule has 0 saturated heterocycles. The highest BCUT2D eigenvalue weighted by Crippen LogP contribution is 2.64. The molecule has 1 aromatic heterocycles. The molecule has 4 heteroatoms. The molecule has 274 valence electrons. The number of nitrogens with zero attached hydrogens (tertiary/aromatic N) is 2. The van der Waals surface area contributed by atoms with Crippen molar-refractivity contribution in [3.63, 3.8) is 0 Å². The lowest BCUT2D eigenvalue weighted by Crippen LogP contribution is -2.62. The average molecular weight is 743 g/mol. The zero-order valence-corrected chi connectivity index (χ0v) is 33.0. The van der Waals surface area contributed by atoms with E-state index in [0.29, 0.717) is 0 Å². The summed E-state index contributed by atoms with van der Waals surface area (Å²) in [6, 6.07) is 61.8. The molecule has 0 unspecified atom stereocenters. The molecule has 4 aliphatic rings. The maximum absolute atomic E-state index is 6.98. The fraction of sp³-hybridized carbons (Fsp3) is 0.111. The van der Waals surface area contributed by atoms with Gasteiger partial charge in [-0.15, -0.1) is 0 Å². The van der Waals surface area contributed by atoms with Crippen molar-refractivity contribution in [2.45, 2.75) is 38.5 Å². The molecule has 0 fully saturated rings. The fourth-order valence-corrected chi connectivity index (χ4v) is 11.3. The minimum atomic E-state index is -0.493. The molecule has 0 bridgehead atoms. The number of benzene rings is 8. The first-order valence-corrected chi connectivity index (χ1v) is 20.6. The number of furan rings is 1. The lowest BCUT2D eigenvalue weighted by Gasteiger charge is -2.51. The maximum Gasteiger partial charge on any atom is 0.333 e. The number of rotatable bonds is 1. The van der Waals surface area contributed by atoms with Gasteiger partial charge in [-0.05, 0) is 110 Å². The predicted molar refractivity (Wildman–Crippen MR) is 242 cm³/mol. The summed E-state index contributed by atoms with van der Waals surface area (Å²) < 4.78 is 6.98. The van der Waals surface area contributed by atoms with Crippen LogP contribution >= 0.6 is 0 Å². The van der Waals surface area contributed by atoms with Gasteiger partial charge >= 0.3 is 6.85 Å². The molecule has 0 radical (unpaired) electrons. The summed E-state index contributed by atoms with van der Waals surface area (Å²) in [5.74, 6) is 0. The van der Waals surface area contributed by atoms with Gasteiger partial charge in [0.2, 0.25) is 0 Å². The van der Waals surface area contributed by atoms with Crippen molar-refractivity contribution >= 4 is 68.1 Å². The van der Waals surface area contributed by atoms with Crippen LogP contribution in [0.5, 0.6) is 0 Å². The largest absolute Gasteiger partial charge is 0.454 e. The zero-order chi connectivity index (χ0) is 38.7. The Morgan fingerprint density at radius 1 is 0.534 bits per heavy atom. The maximum atomic E-state index is 6.98. The Morgan fingerprint density at radius 2 is 1.21 bits per heavy atom. The van der Waals surface area contributed by atoms with E-state index < -0.39 is 5.41 Å². The topological polar surface area (TPSA) is 19.6 Å². The summed E-state index contributed by atoms with van der Waals surface area (Å²) >= 11 is 0. The highest BCUT2D eigenvalue weighted by molar-refractivity contribution is 6.94. The lowest BCUT2D eigenvalue weighted by atomic mass is 9.42. The predicted octanol–water partition coefficient (Wildman–Crippen LogP) is 12.6. The van der Waals surface area contributed by atoms with Crippen LogP contribution in [0.3, 0.4) is 0 Å². The number of para-hydroxylation sites is 3. The second kappa shape index (κ2) is 11.0. The molecule has 1 spiro atoms.